The van der Waals surface area contributed by atoms with E-state index in [1.165, 1.54) is 63.6 Å². The molecule has 1 aromatic carbocycles. The zero-order valence-electron chi connectivity index (χ0n) is 19.7. The number of hydrogen-bond donors (Lipinski definition) is 0. The van der Waals surface area contributed by atoms with Crippen molar-refractivity contribution in [3.63, 3.8) is 0 Å². The van der Waals surface area contributed by atoms with Gasteiger partial charge in [-0.1, -0.05) is 63.1 Å². The van der Waals surface area contributed by atoms with Crippen molar-refractivity contribution in [2.24, 2.45) is 11.8 Å². The lowest BCUT2D eigenvalue weighted by atomic mass is 9.68. The van der Waals surface area contributed by atoms with E-state index in [1.807, 2.05) is 0 Å². The molecule has 3 unspecified atom stereocenters. The fourth-order valence-electron chi connectivity index (χ4n) is 6.15. The minimum absolute atomic E-state index is 0.123. The first-order chi connectivity index (χ1) is 14.5. The monoisotopic (exact) mass is 430 g/mol. The van der Waals surface area contributed by atoms with Crippen molar-refractivity contribution < 1.29 is 0 Å². The van der Waals surface area contributed by atoms with E-state index in [4.69, 9.17) is 11.6 Å². The van der Waals surface area contributed by atoms with Crippen LogP contribution in [0.1, 0.15) is 78.2 Å². The van der Waals surface area contributed by atoms with Crippen LogP contribution in [-0.4, -0.2) is 42.0 Å². The first kappa shape index (κ1) is 23.8. The molecule has 1 saturated carbocycles. The Balaban J connectivity index is 1.84. The smallest absolute Gasteiger partial charge is 0.0467 e. The maximum Gasteiger partial charge on any atom is 0.0467 e. The summed E-state index contributed by atoms with van der Waals surface area (Å²) in [5.74, 6) is 1.66. The molecule has 0 aromatic heterocycles. The number of nitrogens with zero attached hydrogens (tertiary/aromatic N) is 2. The van der Waals surface area contributed by atoms with Crippen molar-refractivity contribution in [2.45, 2.75) is 84.2 Å². The van der Waals surface area contributed by atoms with E-state index < -0.39 is 0 Å². The van der Waals surface area contributed by atoms with Crippen LogP contribution in [0.2, 0.25) is 5.02 Å². The average molecular weight is 431 g/mol. The van der Waals surface area contributed by atoms with E-state index in [2.05, 4.69) is 73.9 Å². The first-order valence-electron chi connectivity index (χ1n) is 12.4. The molecule has 1 aliphatic carbocycles. The lowest BCUT2D eigenvalue weighted by Crippen LogP contribution is -2.55. The summed E-state index contributed by atoms with van der Waals surface area (Å²) in [4.78, 5) is 5.59. The standard InChI is InChI=1S/C27H43ClN2/c1-5-8-18-30(17-6-2)27(24-9-11-25(28)12-10-24)16-13-26(22(4)21-27)29-19-14-23(7-3)15-20-29/h5,8-12,22-23,26H,6-7,13-21H2,1-4H3. The maximum absolute atomic E-state index is 6.27. The van der Waals surface area contributed by atoms with Crippen LogP contribution in [0.3, 0.4) is 0 Å². The Kier molecular flexibility index (Phi) is 8.86. The second kappa shape index (κ2) is 11.2. The molecule has 2 aliphatic rings. The largest absolute Gasteiger partial charge is 0.300 e. The zero-order valence-corrected chi connectivity index (χ0v) is 20.5. The minimum Gasteiger partial charge on any atom is -0.300 e. The van der Waals surface area contributed by atoms with E-state index in [1.54, 1.807) is 0 Å². The van der Waals surface area contributed by atoms with Gasteiger partial charge in [-0.05, 0) is 94.6 Å². The molecule has 0 bridgehead atoms. The lowest BCUT2D eigenvalue weighted by Gasteiger charge is -2.53. The fraction of sp³-hybridized carbons (Fsp3) is 0.704. The topological polar surface area (TPSA) is 6.48 Å². The highest BCUT2D eigenvalue weighted by Crippen LogP contribution is 2.46. The van der Waals surface area contributed by atoms with Crippen molar-refractivity contribution in [1.29, 1.82) is 0 Å². The van der Waals surface area contributed by atoms with E-state index in [-0.39, 0.29) is 5.54 Å². The lowest BCUT2D eigenvalue weighted by molar-refractivity contribution is -0.0147. The van der Waals surface area contributed by atoms with Gasteiger partial charge in [0.2, 0.25) is 0 Å². The molecule has 0 spiro atoms. The number of halogens is 1. The van der Waals surface area contributed by atoms with Gasteiger partial charge in [0.15, 0.2) is 0 Å². The number of piperidine rings is 1. The highest BCUT2D eigenvalue weighted by atomic mass is 35.5. The molecule has 30 heavy (non-hydrogen) atoms. The van der Waals surface area contributed by atoms with Crippen molar-refractivity contribution in [2.75, 3.05) is 26.2 Å². The predicted molar refractivity (Wildman–Crippen MR) is 131 cm³/mol. The van der Waals surface area contributed by atoms with Crippen LogP contribution in [0.15, 0.2) is 36.4 Å². The molecule has 168 valence electrons. The average Bonchev–Trinajstić information content (AvgIpc) is 2.77. The van der Waals surface area contributed by atoms with Crippen LogP contribution < -0.4 is 0 Å². The highest BCUT2D eigenvalue weighted by molar-refractivity contribution is 6.30. The summed E-state index contributed by atoms with van der Waals surface area (Å²) in [6.07, 6.45) is 13.7. The molecule has 0 radical (unpaired) electrons. The molecule has 1 aromatic rings. The molecule has 2 nitrogen and oxygen atoms in total. The summed E-state index contributed by atoms with van der Waals surface area (Å²) in [5, 5.41) is 0.838. The SMILES string of the molecule is CC=CCN(CCC)C1(c2ccc(Cl)cc2)CCC(N2CCC(CC)CC2)C(C)C1. The number of hydrogen-bond acceptors (Lipinski definition) is 2. The third-order valence-electron chi connectivity index (χ3n) is 7.91. The molecule has 2 fully saturated rings. The van der Waals surface area contributed by atoms with E-state index in [9.17, 15) is 0 Å². The summed E-state index contributed by atoms with van der Waals surface area (Å²) >= 11 is 6.27. The molecule has 3 rings (SSSR count). The van der Waals surface area contributed by atoms with Crippen LogP contribution in [0.25, 0.3) is 0 Å². The van der Waals surface area contributed by atoms with Crippen LogP contribution in [0.4, 0.5) is 0 Å². The molecular formula is C27H43ClN2. The molecular weight excluding hydrogens is 388 g/mol. The number of rotatable bonds is 8. The fourth-order valence-corrected chi connectivity index (χ4v) is 6.28. The Bertz CT molecular complexity index is 662. The Morgan fingerprint density at radius 2 is 1.83 bits per heavy atom. The van der Waals surface area contributed by atoms with Gasteiger partial charge in [0.25, 0.3) is 0 Å². The van der Waals surface area contributed by atoms with Crippen molar-refractivity contribution in [1.82, 2.24) is 9.80 Å². The van der Waals surface area contributed by atoms with E-state index >= 15 is 0 Å². The van der Waals surface area contributed by atoms with Gasteiger partial charge in [-0.25, -0.2) is 0 Å². The number of likely N-dealkylation sites (tertiary alicyclic amines) is 1. The first-order valence-corrected chi connectivity index (χ1v) is 12.8. The van der Waals surface area contributed by atoms with Gasteiger partial charge in [0.1, 0.15) is 0 Å². The van der Waals surface area contributed by atoms with Crippen molar-refractivity contribution in [3.05, 3.63) is 47.0 Å². The molecule has 1 saturated heterocycles. The highest BCUT2D eigenvalue weighted by Gasteiger charge is 2.45. The summed E-state index contributed by atoms with van der Waals surface area (Å²) in [6, 6.07) is 9.50. The van der Waals surface area contributed by atoms with E-state index in [0.29, 0.717) is 5.92 Å². The second-order valence-corrected chi connectivity index (χ2v) is 10.2. The third-order valence-corrected chi connectivity index (χ3v) is 8.16. The van der Waals surface area contributed by atoms with E-state index in [0.717, 1.165) is 30.1 Å². The zero-order chi connectivity index (χ0) is 21.6. The van der Waals surface area contributed by atoms with Crippen molar-refractivity contribution >= 4 is 11.6 Å². The molecule has 0 amide bonds. The Morgan fingerprint density at radius 3 is 2.40 bits per heavy atom. The molecule has 3 heteroatoms. The minimum atomic E-state index is 0.123. The summed E-state index contributed by atoms with van der Waals surface area (Å²) in [7, 11) is 0. The Morgan fingerprint density at radius 1 is 1.13 bits per heavy atom. The number of benzene rings is 1. The molecule has 1 aliphatic heterocycles. The quantitative estimate of drug-likeness (QED) is 0.404. The van der Waals surface area contributed by atoms with Gasteiger partial charge in [-0.15, -0.1) is 0 Å². The van der Waals surface area contributed by atoms with Gasteiger partial charge in [-0.3, -0.25) is 4.90 Å². The van der Waals surface area contributed by atoms with Crippen molar-refractivity contribution in [3.8, 4) is 0 Å². The van der Waals surface area contributed by atoms with Crippen LogP contribution in [0, 0.1) is 11.8 Å². The molecule has 3 atom stereocenters. The molecule has 1 heterocycles. The summed E-state index contributed by atoms with van der Waals surface area (Å²) in [5.41, 5.74) is 1.58. The molecule has 0 N–H and O–H groups in total. The van der Waals surface area contributed by atoms with Gasteiger partial charge in [-0.2, -0.15) is 0 Å². The van der Waals surface area contributed by atoms with Gasteiger partial charge in [0, 0.05) is 23.1 Å². The van der Waals surface area contributed by atoms with Gasteiger partial charge in [0.05, 0.1) is 0 Å². The second-order valence-electron chi connectivity index (χ2n) is 9.73. The maximum atomic E-state index is 6.27. The number of allylic oxidation sites excluding steroid dienone is 1. The van der Waals surface area contributed by atoms with Crippen LogP contribution in [-0.2, 0) is 5.54 Å². The van der Waals surface area contributed by atoms with Crippen LogP contribution >= 0.6 is 11.6 Å². The van der Waals surface area contributed by atoms with Crippen LogP contribution in [0.5, 0.6) is 0 Å². The predicted octanol–water partition coefficient (Wildman–Crippen LogP) is 7.13. The Labute approximate surface area is 190 Å². The van der Waals surface area contributed by atoms with Gasteiger partial charge < -0.3 is 4.90 Å². The summed E-state index contributed by atoms with van der Waals surface area (Å²) < 4.78 is 0. The van der Waals surface area contributed by atoms with Gasteiger partial charge >= 0.3 is 0 Å². The summed E-state index contributed by atoms with van der Waals surface area (Å²) in [6.45, 7) is 14.1. The Hall–Kier alpha value is -0.830. The third kappa shape index (κ3) is 5.31. The normalized spacial score (nSPS) is 29.1.